The van der Waals surface area contributed by atoms with Crippen molar-refractivity contribution in [1.29, 1.82) is 0 Å². The summed E-state index contributed by atoms with van der Waals surface area (Å²) in [6, 6.07) is 7.93. The van der Waals surface area contributed by atoms with Gasteiger partial charge in [-0.15, -0.1) is 0 Å². The minimum atomic E-state index is -0.358. The number of hydrogen-bond donors (Lipinski definition) is 3. The zero-order valence-electron chi connectivity index (χ0n) is 10.2. The fraction of sp³-hybridized carbons (Fsp3) is 0.231. The third kappa shape index (κ3) is 2.75. The van der Waals surface area contributed by atoms with Gasteiger partial charge in [0.25, 0.3) is 0 Å². The quantitative estimate of drug-likeness (QED) is 0.752. The van der Waals surface area contributed by atoms with E-state index < -0.39 is 0 Å². The lowest BCUT2D eigenvalue weighted by molar-refractivity contribution is 1.01. The first-order chi connectivity index (χ1) is 8.70. The molecule has 0 unspecified atom stereocenters. The van der Waals surface area contributed by atoms with Gasteiger partial charge in [0.2, 0.25) is 0 Å². The zero-order chi connectivity index (χ0) is 13.0. The third-order valence-corrected chi connectivity index (χ3v) is 2.61. The Balaban J connectivity index is 2.43. The first-order valence-corrected chi connectivity index (χ1v) is 5.81. The molecule has 2 aromatic rings. The number of aromatic nitrogens is 2. The van der Waals surface area contributed by atoms with E-state index in [1.807, 2.05) is 31.2 Å². The van der Waals surface area contributed by atoms with Crippen LogP contribution in [0.25, 0.3) is 11.3 Å². The fourth-order valence-corrected chi connectivity index (χ4v) is 1.68. The summed E-state index contributed by atoms with van der Waals surface area (Å²) in [7, 11) is 0. The highest BCUT2D eigenvalue weighted by molar-refractivity contribution is 5.73. The predicted octanol–water partition coefficient (Wildman–Crippen LogP) is 1.12. The molecule has 0 amide bonds. The van der Waals surface area contributed by atoms with Crippen LogP contribution in [0.2, 0.25) is 0 Å². The molecule has 0 aliphatic carbocycles. The van der Waals surface area contributed by atoms with Crippen LogP contribution in [0.5, 0.6) is 0 Å². The van der Waals surface area contributed by atoms with Crippen molar-refractivity contribution in [3.05, 3.63) is 46.5 Å². The second kappa shape index (κ2) is 5.46. The van der Waals surface area contributed by atoms with Crippen LogP contribution in [0, 0.1) is 6.92 Å². The number of aryl methyl sites for hydroxylation is 1. The first kappa shape index (κ1) is 12.3. The Morgan fingerprint density at radius 1 is 1.33 bits per heavy atom. The average Bonchev–Trinajstić information content (AvgIpc) is 2.38. The molecule has 1 aromatic heterocycles. The summed E-state index contributed by atoms with van der Waals surface area (Å²) in [5.41, 5.74) is 8.74. The van der Waals surface area contributed by atoms with Gasteiger partial charge in [-0.05, 0) is 6.92 Å². The van der Waals surface area contributed by atoms with Crippen molar-refractivity contribution in [3.8, 4) is 11.3 Å². The maximum absolute atomic E-state index is 11.3. The summed E-state index contributed by atoms with van der Waals surface area (Å²) >= 11 is 0. The maximum atomic E-state index is 11.3. The van der Waals surface area contributed by atoms with Crippen LogP contribution in [0.4, 0.5) is 5.69 Å². The van der Waals surface area contributed by atoms with Gasteiger partial charge < -0.3 is 16.0 Å². The molecule has 5 heteroatoms. The molecular weight excluding hydrogens is 228 g/mol. The van der Waals surface area contributed by atoms with E-state index in [0.717, 1.165) is 16.9 Å². The minimum Gasteiger partial charge on any atom is -0.381 e. The molecule has 1 aromatic carbocycles. The summed E-state index contributed by atoms with van der Waals surface area (Å²) < 4.78 is 0. The van der Waals surface area contributed by atoms with E-state index in [9.17, 15) is 4.79 Å². The van der Waals surface area contributed by atoms with E-state index in [-0.39, 0.29) is 5.69 Å². The number of hydrogen-bond acceptors (Lipinski definition) is 4. The van der Waals surface area contributed by atoms with Gasteiger partial charge in [-0.2, -0.15) is 4.98 Å². The number of rotatable bonds is 4. The van der Waals surface area contributed by atoms with Crippen LogP contribution in [-0.2, 0) is 0 Å². The van der Waals surface area contributed by atoms with Crippen LogP contribution >= 0.6 is 0 Å². The van der Waals surface area contributed by atoms with Crippen molar-refractivity contribution >= 4 is 5.69 Å². The predicted molar refractivity (Wildman–Crippen MR) is 72.6 cm³/mol. The number of nitrogens with two attached hydrogens (primary N) is 1. The molecule has 0 fully saturated rings. The van der Waals surface area contributed by atoms with Gasteiger partial charge in [-0.3, -0.25) is 0 Å². The van der Waals surface area contributed by atoms with Crippen molar-refractivity contribution in [3.63, 3.8) is 0 Å². The molecule has 0 aliphatic rings. The van der Waals surface area contributed by atoms with E-state index in [1.165, 1.54) is 11.8 Å². The Kier molecular flexibility index (Phi) is 3.74. The van der Waals surface area contributed by atoms with Gasteiger partial charge >= 0.3 is 5.69 Å². The van der Waals surface area contributed by atoms with Gasteiger partial charge in [0.1, 0.15) is 0 Å². The fourth-order valence-electron chi connectivity index (χ4n) is 1.68. The number of aromatic amines is 1. The molecule has 5 nitrogen and oxygen atoms in total. The molecule has 0 radical (unpaired) electrons. The van der Waals surface area contributed by atoms with Crippen molar-refractivity contribution in [2.45, 2.75) is 6.92 Å². The Morgan fingerprint density at radius 2 is 2.06 bits per heavy atom. The molecule has 94 valence electrons. The summed E-state index contributed by atoms with van der Waals surface area (Å²) in [4.78, 5) is 17.8. The van der Waals surface area contributed by atoms with Crippen LogP contribution in [0.15, 0.2) is 35.3 Å². The SMILES string of the molecule is Cc1ccc(-c2[nH]c(=O)ncc2NCCN)cc1. The summed E-state index contributed by atoms with van der Waals surface area (Å²) in [5.74, 6) is 0. The van der Waals surface area contributed by atoms with Gasteiger partial charge in [0.15, 0.2) is 0 Å². The summed E-state index contributed by atoms with van der Waals surface area (Å²) in [5, 5.41) is 3.15. The van der Waals surface area contributed by atoms with Crippen molar-refractivity contribution < 1.29 is 0 Å². The molecule has 0 bridgehead atoms. The number of nitrogens with zero attached hydrogens (tertiary/aromatic N) is 1. The highest BCUT2D eigenvalue weighted by atomic mass is 16.1. The topological polar surface area (TPSA) is 83.8 Å². The molecule has 0 spiro atoms. The Bertz CT molecular complexity index is 574. The van der Waals surface area contributed by atoms with Gasteiger partial charge in [-0.25, -0.2) is 4.79 Å². The second-order valence-electron chi connectivity index (χ2n) is 4.06. The lowest BCUT2D eigenvalue weighted by atomic mass is 10.1. The van der Waals surface area contributed by atoms with Crippen molar-refractivity contribution in [2.24, 2.45) is 5.73 Å². The molecule has 0 saturated heterocycles. The molecule has 1 heterocycles. The molecule has 2 rings (SSSR count). The molecular formula is C13H16N4O. The standard InChI is InChI=1S/C13H16N4O/c1-9-2-4-10(5-3-9)12-11(15-7-6-14)8-16-13(18)17-12/h2-5,8,15H,6-7,14H2,1H3,(H,16,17,18). The lowest BCUT2D eigenvalue weighted by Gasteiger charge is -2.10. The summed E-state index contributed by atoms with van der Waals surface area (Å²) in [6.45, 7) is 3.17. The first-order valence-electron chi connectivity index (χ1n) is 5.81. The zero-order valence-corrected chi connectivity index (χ0v) is 10.2. The number of H-pyrrole nitrogens is 1. The van der Waals surface area contributed by atoms with E-state index in [4.69, 9.17) is 5.73 Å². The number of anilines is 1. The Hall–Kier alpha value is -2.14. The van der Waals surface area contributed by atoms with E-state index >= 15 is 0 Å². The molecule has 0 aliphatic heterocycles. The highest BCUT2D eigenvalue weighted by Gasteiger charge is 2.06. The van der Waals surface area contributed by atoms with E-state index in [2.05, 4.69) is 15.3 Å². The van der Waals surface area contributed by atoms with Crippen LogP contribution < -0.4 is 16.7 Å². The minimum absolute atomic E-state index is 0.358. The monoisotopic (exact) mass is 244 g/mol. The number of nitrogens with one attached hydrogen (secondary N) is 2. The maximum Gasteiger partial charge on any atom is 0.345 e. The molecule has 4 N–H and O–H groups in total. The Labute approximate surface area is 105 Å². The van der Waals surface area contributed by atoms with E-state index in [1.54, 1.807) is 0 Å². The normalized spacial score (nSPS) is 10.3. The average molecular weight is 244 g/mol. The molecule has 18 heavy (non-hydrogen) atoms. The van der Waals surface area contributed by atoms with Crippen molar-refractivity contribution in [2.75, 3.05) is 18.4 Å². The smallest absolute Gasteiger partial charge is 0.345 e. The second-order valence-corrected chi connectivity index (χ2v) is 4.06. The van der Waals surface area contributed by atoms with Crippen LogP contribution in [0.3, 0.4) is 0 Å². The van der Waals surface area contributed by atoms with Crippen molar-refractivity contribution in [1.82, 2.24) is 9.97 Å². The summed E-state index contributed by atoms with van der Waals surface area (Å²) in [6.07, 6.45) is 1.53. The molecule has 0 atom stereocenters. The van der Waals surface area contributed by atoms with Gasteiger partial charge in [0.05, 0.1) is 17.6 Å². The largest absolute Gasteiger partial charge is 0.381 e. The highest BCUT2D eigenvalue weighted by Crippen LogP contribution is 2.23. The van der Waals surface area contributed by atoms with Gasteiger partial charge in [0, 0.05) is 18.7 Å². The lowest BCUT2D eigenvalue weighted by Crippen LogP contribution is -2.17. The van der Waals surface area contributed by atoms with Crippen LogP contribution in [-0.4, -0.2) is 23.1 Å². The number of benzene rings is 1. The Morgan fingerprint density at radius 3 is 2.72 bits per heavy atom. The van der Waals surface area contributed by atoms with Gasteiger partial charge in [-0.1, -0.05) is 29.8 Å². The molecule has 0 saturated carbocycles. The van der Waals surface area contributed by atoms with Crippen LogP contribution in [0.1, 0.15) is 5.56 Å². The van der Waals surface area contributed by atoms with E-state index in [0.29, 0.717) is 13.1 Å². The third-order valence-electron chi connectivity index (χ3n) is 2.61.